The summed E-state index contributed by atoms with van der Waals surface area (Å²) in [4.78, 5) is 12.7. The summed E-state index contributed by atoms with van der Waals surface area (Å²) in [6.45, 7) is 1.81. The minimum absolute atomic E-state index is 0.134. The average molecular weight is 361 g/mol. The molecule has 3 aromatic rings. The number of rotatable bonds is 3. The maximum absolute atomic E-state index is 9.53. The Balaban J connectivity index is 1.97. The van der Waals surface area contributed by atoms with Crippen LogP contribution >= 0.6 is 34.5 Å². The number of hydrogen-bond donors (Lipinski definition) is 0. The van der Waals surface area contributed by atoms with Crippen LogP contribution in [0.3, 0.4) is 0 Å². The minimum Gasteiger partial charge on any atom is -0.239 e. The summed E-state index contributed by atoms with van der Waals surface area (Å²) in [5, 5.41) is 12.9. The Bertz CT molecular complexity index is 864. The van der Waals surface area contributed by atoms with Crippen molar-refractivity contribution in [2.75, 3.05) is 0 Å². The monoisotopic (exact) mass is 360 g/mol. The highest BCUT2D eigenvalue weighted by molar-refractivity contribution is 7.10. The van der Waals surface area contributed by atoms with Crippen molar-refractivity contribution in [2.24, 2.45) is 0 Å². The molecule has 1 atom stereocenters. The van der Waals surface area contributed by atoms with Gasteiger partial charge in [0.05, 0.1) is 17.5 Å². The zero-order valence-electron chi connectivity index (χ0n) is 12.0. The molecule has 114 valence electrons. The van der Waals surface area contributed by atoms with Gasteiger partial charge >= 0.3 is 0 Å². The summed E-state index contributed by atoms with van der Waals surface area (Å²) in [6.07, 6.45) is 0. The number of halogens is 2. The van der Waals surface area contributed by atoms with Gasteiger partial charge in [-0.05, 0) is 36.7 Å². The van der Waals surface area contributed by atoms with E-state index in [2.05, 4.69) is 21.0 Å². The molecule has 0 radical (unpaired) electrons. The lowest BCUT2D eigenvalue weighted by Crippen LogP contribution is -2.03. The van der Waals surface area contributed by atoms with E-state index in [1.54, 1.807) is 6.07 Å². The molecule has 0 aliphatic rings. The topological polar surface area (TPSA) is 62.5 Å². The van der Waals surface area contributed by atoms with Crippen LogP contribution in [0.25, 0.3) is 11.3 Å². The van der Waals surface area contributed by atoms with E-state index in [0.29, 0.717) is 15.7 Å². The second-order valence-corrected chi connectivity index (χ2v) is 6.51. The van der Waals surface area contributed by atoms with Crippen LogP contribution in [0.5, 0.6) is 0 Å². The van der Waals surface area contributed by atoms with E-state index in [1.165, 1.54) is 11.3 Å². The first-order chi connectivity index (χ1) is 11.1. The molecule has 0 saturated carbocycles. The molecule has 0 N–H and O–H groups in total. The van der Waals surface area contributed by atoms with Gasteiger partial charge in [0.1, 0.15) is 10.9 Å². The summed E-state index contributed by atoms with van der Waals surface area (Å²) < 4.78 is 0. The highest BCUT2D eigenvalue weighted by Crippen LogP contribution is 2.30. The number of aromatic nitrogens is 3. The molecule has 1 aromatic carbocycles. The molecule has 2 aromatic heterocycles. The quantitative estimate of drug-likeness (QED) is 0.625. The molecule has 0 aliphatic heterocycles. The van der Waals surface area contributed by atoms with Gasteiger partial charge in [-0.15, -0.1) is 11.3 Å². The summed E-state index contributed by atoms with van der Waals surface area (Å²) in [5.74, 6) is -0.569. The van der Waals surface area contributed by atoms with Crippen LogP contribution in [-0.2, 0) is 0 Å². The first kappa shape index (κ1) is 15.9. The van der Waals surface area contributed by atoms with Crippen LogP contribution in [0.15, 0.2) is 35.7 Å². The Hall–Kier alpha value is -2.00. The number of nitrogens with zero attached hydrogens (tertiary/aromatic N) is 4. The predicted molar refractivity (Wildman–Crippen MR) is 91.8 cm³/mol. The fourth-order valence-electron chi connectivity index (χ4n) is 2.12. The fourth-order valence-corrected chi connectivity index (χ4v) is 3.36. The Morgan fingerprint density at radius 1 is 1.13 bits per heavy atom. The van der Waals surface area contributed by atoms with E-state index < -0.39 is 5.92 Å². The lowest BCUT2D eigenvalue weighted by atomic mass is 10.1. The van der Waals surface area contributed by atoms with Crippen molar-refractivity contribution in [3.05, 3.63) is 62.4 Å². The van der Waals surface area contributed by atoms with Crippen molar-refractivity contribution in [2.45, 2.75) is 12.8 Å². The van der Waals surface area contributed by atoms with Gasteiger partial charge < -0.3 is 0 Å². The molecule has 2 heterocycles. The van der Waals surface area contributed by atoms with Gasteiger partial charge in [0.25, 0.3) is 0 Å². The predicted octanol–water partition coefficient (Wildman–Crippen LogP) is 4.87. The van der Waals surface area contributed by atoms with Crippen LogP contribution in [-0.4, -0.2) is 15.0 Å². The molecule has 4 nitrogen and oxygen atoms in total. The van der Waals surface area contributed by atoms with E-state index in [0.717, 1.165) is 17.0 Å². The van der Waals surface area contributed by atoms with Gasteiger partial charge in [-0.3, -0.25) is 0 Å². The first-order valence-electron chi connectivity index (χ1n) is 6.69. The van der Waals surface area contributed by atoms with E-state index in [4.69, 9.17) is 23.2 Å². The molecule has 7 heteroatoms. The second kappa shape index (κ2) is 6.63. The number of hydrogen-bond acceptors (Lipinski definition) is 5. The SMILES string of the molecule is Cc1cc(C(C#N)c2nc(-c3ccc(Cl)cc3)cs2)nc(Cl)n1. The molecule has 3 rings (SSSR count). The van der Waals surface area contributed by atoms with Crippen molar-refractivity contribution < 1.29 is 0 Å². The largest absolute Gasteiger partial charge is 0.239 e. The third-order valence-electron chi connectivity index (χ3n) is 3.18. The normalized spacial score (nSPS) is 11.9. The smallest absolute Gasteiger partial charge is 0.222 e. The molecule has 0 spiro atoms. The molecule has 23 heavy (non-hydrogen) atoms. The molecule has 0 fully saturated rings. The number of thiazole rings is 1. The van der Waals surface area contributed by atoms with Crippen LogP contribution in [0.4, 0.5) is 0 Å². The number of benzene rings is 1. The van der Waals surface area contributed by atoms with Gasteiger partial charge in [0.15, 0.2) is 0 Å². The first-order valence-corrected chi connectivity index (χ1v) is 8.32. The second-order valence-electron chi connectivity index (χ2n) is 4.84. The molecular weight excluding hydrogens is 351 g/mol. The van der Waals surface area contributed by atoms with E-state index in [1.807, 2.05) is 36.6 Å². The summed E-state index contributed by atoms with van der Waals surface area (Å²) >= 11 is 13.2. The van der Waals surface area contributed by atoms with Gasteiger partial charge in [0.2, 0.25) is 5.28 Å². The third kappa shape index (κ3) is 3.50. The summed E-state index contributed by atoms with van der Waals surface area (Å²) in [5.41, 5.74) is 3.03. The maximum Gasteiger partial charge on any atom is 0.222 e. The third-order valence-corrected chi connectivity index (χ3v) is 4.51. The lowest BCUT2D eigenvalue weighted by Gasteiger charge is -2.06. The van der Waals surface area contributed by atoms with Crippen LogP contribution in [0, 0.1) is 18.3 Å². The van der Waals surface area contributed by atoms with Crippen molar-refractivity contribution in [1.29, 1.82) is 5.26 Å². The Morgan fingerprint density at radius 3 is 2.52 bits per heavy atom. The Kier molecular flexibility index (Phi) is 4.58. The highest BCUT2D eigenvalue weighted by Gasteiger charge is 2.20. The number of aryl methyl sites for hydroxylation is 1. The van der Waals surface area contributed by atoms with Crippen molar-refractivity contribution >= 4 is 34.5 Å². The standard InChI is InChI=1S/C16H10Cl2N4S/c1-9-6-13(22-16(18)20-9)12(7-19)15-21-14(8-23-15)10-2-4-11(17)5-3-10/h2-6,8,12H,1H3. The van der Waals surface area contributed by atoms with Gasteiger partial charge in [-0.1, -0.05) is 23.7 Å². The lowest BCUT2D eigenvalue weighted by molar-refractivity contribution is 0.919. The molecule has 0 amide bonds. The van der Waals surface area contributed by atoms with E-state index in [-0.39, 0.29) is 5.28 Å². The van der Waals surface area contributed by atoms with Crippen LogP contribution in [0.1, 0.15) is 22.3 Å². The van der Waals surface area contributed by atoms with Crippen LogP contribution < -0.4 is 0 Å². The van der Waals surface area contributed by atoms with Gasteiger partial charge in [0, 0.05) is 21.7 Å². The highest BCUT2D eigenvalue weighted by atomic mass is 35.5. The number of nitriles is 1. The summed E-state index contributed by atoms with van der Waals surface area (Å²) in [7, 11) is 0. The molecular formula is C16H10Cl2N4S. The van der Waals surface area contributed by atoms with Gasteiger partial charge in [-0.25, -0.2) is 15.0 Å². The van der Waals surface area contributed by atoms with E-state index >= 15 is 0 Å². The zero-order valence-corrected chi connectivity index (χ0v) is 14.3. The zero-order chi connectivity index (χ0) is 16.4. The fraction of sp³-hybridized carbons (Fsp3) is 0.125. The maximum atomic E-state index is 9.53. The average Bonchev–Trinajstić information content (AvgIpc) is 2.97. The van der Waals surface area contributed by atoms with E-state index in [9.17, 15) is 5.26 Å². The molecule has 1 unspecified atom stereocenters. The van der Waals surface area contributed by atoms with Crippen LogP contribution in [0.2, 0.25) is 10.3 Å². The van der Waals surface area contributed by atoms with Crippen molar-refractivity contribution in [1.82, 2.24) is 15.0 Å². The minimum atomic E-state index is -0.569. The van der Waals surface area contributed by atoms with Gasteiger partial charge in [-0.2, -0.15) is 5.26 Å². The molecule has 0 saturated heterocycles. The summed E-state index contributed by atoms with van der Waals surface area (Å²) in [6, 6.07) is 11.4. The molecule has 0 bridgehead atoms. The van der Waals surface area contributed by atoms with Crippen molar-refractivity contribution in [3.8, 4) is 17.3 Å². The molecule has 0 aliphatic carbocycles. The Morgan fingerprint density at radius 2 is 1.87 bits per heavy atom. The Labute approximate surface area is 147 Å². The van der Waals surface area contributed by atoms with Crippen molar-refractivity contribution in [3.63, 3.8) is 0 Å².